The highest BCUT2D eigenvalue weighted by atomic mass is 16.4. The smallest absolute Gasteiger partial charge is 0.326 e. The first-order valence-electron chi connectivity index (χ1n) is 40.3. The summed E-state index contributed by atoms with van der Waals surface area (Å²) < 4.78 is 0. The number of ketones is 6. The van der Waals surface area contributed by atoms with Gasteiger partial charge in [-0.2, -0.15) is 0 Å². The van der Waals surface area contributed by atoms with Crippen molar-refractivity contribution < 1.29 is 97.5 Å². The first-order chi connectivity index (χ1) is 51.9. The average Bonchev–Trinajstić information content (AvgIpc) is 1.64. The van der Waals surface area contributed by atoms with Gasteiger partial charge in [0.1, 0.15) is 35.2 Å². The molecular formula is C81H130N8O20. The minimum Gasteiger partial charge on any atom is -0.508 e. The summed E-state index contributed by atoms with van der Waals surface area (Å²) >= 11 is 0. The van der Waals surface area contributed by atoms with Gasteiger partial charge in [-0.3, -0.25) is 72.0 Å². The summed E-state index contributed by atoms with van der Waals surface area (Å²) in [6.45, 7) is 8.26. The average molecular weight is 1540 g/mol. The van der Waals surface area contributed by atoms with Gasteiger partial charge in [-0.1, -0.05) is 122 Å². The lowest BCUT2D eigenvalue weighted by Gasteiger charge is -2.29. The van der Waals surface area contributed by atoms with E-state index in [-0.39, 0.29) is 118 Å². The van der Waals surface area contributed by atoms with E-state index in [1.165, 1.54) is 104 Å². The molecule has 0 spiro atoms. The number of likely N-dealkylation sites (tertiary alicyclic amines) is 1. The van der Waals surface area contributed by atoms with Crippen molar-refractivity contribution in [1.29, 1.82) is 0 Å². The van der Waals surface area contributed by atoms with Crippen LogP contribution in [-0.2, 0) is 78.3 Å². The van der Waals surface area contributed by atoms with E-state index in [9.17, 15) is 92.3 Å². The van der Waals surface area contributed by atoms with Crippen molar-refractivity contribution in [1.82, 2.24) is 42.1 Å². The molecule has 0 radical (unpaired) electrons. The maximum Gasteiger partial charge on any atom is 0.326 e. The lowest BCUT2D eigenvalue weighted by Crippen LogP contribution is -2.59. The molecule has 2 aliphatic rings. The maximum atomic E-state index is 14.0. The first kappa shape index (κ1) is 95.4. The molecule has 1 aliphatic heterocycles. The van der Waals surface area contributed by atoms with E-state index in [0.29, 0.717) is 82.9 Å². The molecule has 0 bridgehead atoms. The van der Waals surface area contributed by atoms with Crippen LogP contribution in [0.15, 0.2) is 24.3 Å². The third-order valence-electron chi connectivity index (χ3n) is 21.1. The van der Waals surface area contributed by atoms with Crippen molar-refractivity contribution >= 4 is 88.1 Å². The van der Waals surface area contributed by atoms with Gasteiger partial charge in [0.2, 0.25) is 29.5 Å². The molecule has 3 rings (SSSR count). The fourth-order valence-electron chi connectivity index (χ4n) is 14.2. The Balaban J connectivity index is 1.38. The molecule has 1 heterocycles. The Morgan fingerprint density at radius 2 is 1.05 bits per heavy atom. The molecule has 2 fully saturated rings. The SMILES string of the molecule is CCCC[C@H](NCC(=O)C(C)(C)NC(=O)[C@@H](Cc1ccc(O)cc1)NC(C)=O)C(=O)CN[C@@H](CCCCNC(=O)CC[C@H](CC(=O)CC[C@H](NC(=O)CC[C@H](CC(=O)C1CCC(CNC(=O)CCCCCCCCCCCCCCCCCCC(=O)O)CC1)C(=O)O)C(=O)O)C(=O)O)C(=O)CN1CCCC1C(C)=O. The molecule has 28 heteroatoms. The van der Waals surface area contributed by atoms with Gasteiger partial charge in [0.25, 0.3) is 0 Å². The van der Waals surface area contributed by atoms with Crippen molar-refractivity contribution in [3.05, 3.63) is 29.8 Å². The number of rotatable bonds is 64. The largest absolute Gasteiger partial charge is 0.508 e. The van der Waals surface area contributed by atoms with Crippen LogP contribution in [0.25, 0.3) is 0 Å². The van der Waals surface area contributed by atoms with Crippen molar-refractivity contribution in [3.8, 4) is 5.75 Å². The number of unbranched alkanes of at least 4 members (excludes halogenated alkanes) is 17. The Morgan fingerprint density at radius 3 is 1.60 bits per heavy atom. The monoisotopic (exact) mass is 1530 g/mol. The zero-order valence-corrected chi connectivity index (χ0v) is 65.6. The number of phenols is 1. The fraction of sp³-hybridized carbons (Fsp3) is 0.741. The van der Waals surface area contributed by atoms with E-state index in [1.54, 1.807) is 12.1 Å². The number of phenolic OH excluding ortho intramolecular Hbond substituents is 1. The van der Waals surface area contributed by atoms with Crippen LogP contribution in [0.1, 0.15) is 284 Å². The summed E-state index contributed by atoms with van der Waals surface area (Å²) in [4.78, 5) is 194. The Kier molecular flexibility index (Phi) is 47.2. The minimum absolute atomic E-state index is 0.0121. The summed E-state index contributed by atoms with van der Waals surface area (Å²) in [7, 11) is 0. The Hall–Kier alpha value is -7.85. The number of carbonyl (C=O) groups excluding carboxylic acids is 11. The van der Waals surface area contributed by atoms with Gasteiger partial charge in [-0.25, -0.2) is 4.79 Å². The quantitative estimate of drug-likeness (QED) is 0.0271. The van der Waals surface area contributed by atoms with Gasteiger partial charge in [-0.05, 0) is 147 Å². The van der Waals surface area contributed by atoms with Gasteiger partial charge in [-0.15, -0.1) is 0 Å². The summed E-state index contributed by atoms with van der Waals surface area (Å²) in [6.07, 6.45) is 22.6. The number of aliphatic carboxylic acids is 4. The number of aromatic hydroxyl groups is 1. The lowest BCUT2D eigenvalue weighted by molar-refractivity contribution is -0.145. The second kappa shape index (κ2) is 53.9. The Labute approximate surface area is 644 Å². The highest BCUT2D eigenvalue weighted by Gasteiger charge is 2.36. The van der Waals surface area contributed by atoms with Gasteiger partial charge in [0, 0.05) is 77.3 Å². The summed E-state index contributed by atoms with van der Waals surface area (Å²) in [5, 5.41) is 67.9. The van der Waals surface area contributed by atoms with Crippen molar-refractivity contribution in [3.63, 3.8) is 0 Å². The van der Waals surface area contributed by atoms with Gasteiger partial charge >= 0.3 is 23.9 Å². The molecule has 1 unspecified atom stereocenters. The van der Waals surface area contributed by atoms with E-state index in [1.807, 2.05) is 11.8 Å². The molecule has 7 atom stereocenters. The van der Waals surface area contributed by atoms with Crippen LogP contribution >= 0.6 is 0 Å². The number of carboxylic acids is 4. The second-order valence-corrected chi connectivity index (χ2v) is 30.8. The molecule has 1 saturated heterocycles. The molecule has 109 heavy (non-hydrogen) atoms. The molecule has 5 amide bonds. The van der Waals surface area contributed by atoms with Crippen molar-refractivity contribution in [2.24, 2.45) is 23.7 Å². The van der Waals surface area contributed by atoms with Crippen LogP contribution in [0.5, 0.6) is 5.75 Å². The fourth-order valence-corrected chi connectivity index (χ4v) is 14.2. The van der Waals surface area contributed by atoms with Crippen molar-refractivity contribution in [2.75, 3.05) is 39.3 Å². The Bertz CT molecular complexity index is 3060. The molecule has 12 N–H and O–H groups in total. The lowest BCUT2D eigenvalue weighted by atomic mass is 9.78. The van der Waals surface area contributed by atoms with E-state index < -0.39 is 132 Å². The molecule has 614 valence electrons. The Morgan fingerprint density at radius 1 is 0.514 bits per heavy atom. The molecule has 1 aromatic carbocycles. The first-order valence-corrected chi connectivity index (χ1v) is 40.3. The predicted molar refractivity (Wildman–Crippen MR) is 410 cm³/mol. The summed E-state index contributed by atoms with van der Waals surface area (Å²) in [5.74, 6) is -11.8. The number of amides is 5. The number of hydrogen-bond acceptors (Lipinski definition) is 19. The molecule has 1 aliphatic carbocycles. The standard InChI is InChI=1S/C81H130N8O20/c1-6-7-27-64(84-53-72(97)81(4,5)88-77(103)67(86-56(3)91)48-57-34-40-62(92)41-35-57)70(95)52-83-65(71(96)54-89-47-26-29-68(89)55(2)90)28-24-25-46-82-74(99)44-38-60(78(104)105)49-63(93)42-43-66(80(108)109)87-75(100)45-39-61(79(106)107)50-69(94)59-36-32-58(33-37-59)51-85-73(98)30-22-20-18-16-14-12-10-8-9-11-13-15-17-19-21-23-31-76(101)102/h34-35,40-41,58-61,64-68,83-84,92H,6-33,36-39,42-54H2,1-5H3,(H,82,99)(H,85,98)(H,86,91)(H,87,100)(H,88,103)(H,101,102)(H,104,105)(H,106,107)(H,108,109)/t58?,59?,60-,61-,64+,65+,66+,67-,68?/m1/s1. The highest BCUT2D eigenvalue weighted by Crippen LogP contribution is 2.32. The van der Waals surface area contributed by atoms with Crippen LogP contribution in [0.4, 0.5) is 0 Å². The number of hydrogen-bond donors (Lipinski definition) is 12. The van der Waals surface area contributed by atoms with Crippen molar-refractivity contribution in [2.45, 2.75) is 321 Å². The third kappa shape index (κ3) is 41.7. The molecule has 1 aromatic rings. The van der Waals surface area contributed by atoms with Crippen LogP contribution in [-0.4, -0.2) is 194 Å². The van der Waals surface area contributed by atoms with E-state index in [0.717, 1.165) is 51.4 Å². The molecular weight excluding hydrogens is 1400 g/mol. The number of carboxylic acid groups (broad SMARTS) is 4. The molecule has 0 aromatic heterocycles. The van der Waals surface area contributed by atoms with E-state index in [4.69, 9.17) is 5.11 Å². The minimum atomic E-state index is -1.57. The van der Waals surface area contributed by atoms with E-state index >= 15 is 0 Å². The molecule has 28 nitrogen and oxygen atoms in total. The second-order valence-electron chi connectivity index (χ2n) is 30.8. The highest BCUT2D eigenvalue weighted by molar-refractivity contribution is 5.97. The zero-order chi connectivity index (χ0) is 80.7. The molecule has 1 saturated carbocycles. The normalized spacial score (nSPS) is 16.8. The number of benzene rings is 1. The zero-order valence-electron chi connectivity index (χ0n) is 65.6. The van der Waals surface area contributed by atoms with Crippen LogP contribution in [0, 0.1) is 23.7 Å². The number of Topliss-reactive ketones (excluding diaryl/α,β-unsaturated/α-hetero) is 6. The van der Waals surface area contributed by atoms with Gasteiger partial charge in [0.15, 0.2) is 17.3 Å². The van der Waals surface area contributed by atoms with Gasteiger partial charge in [0.05, 0.1) is 55.1 Å². The summed E-state index contributed by atoms with van der Waals surface area (Å²) in [5.41, 5.74) is -0.792. The van der Waals surface area contributed by atoms with Crippen LogP contribution < -0.4 is 37.2 Å². The topological polar surface area (TPSA) is 445 Å². The third-order valence-corrected chi connectivity index (χ3v) is 21.1. The van der Waals surface area contributed by atoms with Gasteiger partial charge < -0.3 is 62.8 Å². The van der Waals surface area contributed by atoms with Crippen LogP contribution in [0.3, 0.4) is 0 Å². The predicted octanol–water partition coefficient (Wildman–Crippen LogP) is 8.75. The maximum absolute atomic E-state index is 14.0. The number of carbonyl (C=O) groups is 15. The number of nitrogens with zero attached hydrogens (tertiary/aromatic N) is 1. The van der Waals surface area contributed by atoms with Crippen LogP contribution in [0.2, 0.25) is 0 Å². The van der Waals surface area contributed by atoms with E-state index in [2.05, 4.69) is 37.2 Å². The number of nitrogens with one attached hydrogen (secondary N) is 7. The summed E-state index contributed by atoms with van der Waals surface area (Å²) in [6, 6.07) is 1.41.